The molecule has 0 saturated carbocycles. The lowest BCUT2D eigenvalue weighted by Gasteiger charge is -2.12. The van der Waals surface area contributed by atoms with Crippen LogP contribution in [0.4, 0.5) is 0 Å². The summed E-state index contributed by atoms with van der Waals surface area (Å²) in [6.07, 6.45) is 1.71. The van der Waals surface area contributed by atoms with E-state index in [1.54, 1.807) is 24.3 Å². The number of halogens is 1. The molecule has 1 aromatic heterocycles. The number of amides is 1. The number of fused-ring (bicyclic) bond motifs is 3. The molecule has 22 heavy (non-hydrogen) atoms. The second-order valence-electron chi connectivity index (χ2n) is 5.72. The van der Waals surface area contributed by atoms with Gasteiger partial charge in [0.1, 0.15) is 0 Å². The van der Waals surface area contributed by atoms with Crippen molar-refractivity contribution in [3.05, 3.63) is 70.4 Å². The van der Waals surface area contributed by atoms with E-state index in [4.69, 9.17) is 11.6 Å². The molecule has 0 radical (unpaired) electrons. The summed E-state index contributed by atoms with van der Waals surface area (Å²) in [6.45, 7) is 0. The Kier molecular flexibility index (Phi) is 3.16. The van der Waals surface area contributed by atoms with E-state index in [0.717, 1.165) is 12.8 Å². The van der Waals surface area contributed by atoms with Crippen molar-refractivity contribution in [2.24, 2.45) is 0 Å². The van der Waals surface area contributed by atoms with Gasteiger partial charge in [0.2, 0.25) is 0 Å². The van der Waals surface area contributed by atoms with Crippen LogP contribution in [0.2, 0.25) is 5.02 Å². The quantitative estimate of drug-likeness (QED) is 0.744. The molecule has 3 aromatic rings. The number of nitrogens with one attached hydrogen (secondary N) is 2. The Labute approximate surface area is 133 Å². The van der Waals surface area contributed by atoms with E-state index in [1.165, 1.54) is 22.2 Å². The molecule has 0 bridgehead atoms. The molecule has 2 aromatic carbocycles. The maximum atomic E-state index is 12.3. The lowest BCUT2D eigenvalue weighted by atomic mass is 10.1. The predicted octanol–water partition coefficient (Wildman–Crippen LogP) is 3.72. The molecule has 110 valence electrons. The van der Waals surface area contributed by atoms with Gasteiger partial charge in [-0.2, -0.15) is 0 Å². The minimum atomic E-state index is -0.0676. The van der Waals surface area contributed by atoms with Crippen molar-refractivity contribution < 1.29 is 4.79 Å². The smallest absolute Gasteiger partial charge is 0.251 e. The third kappa shape index (κ3) is 2.28. The Hall–Kier alpha value is -2.26. The maximum Gasteiger partial charge on any atom is 0.251 e. The Balaban J connectivity index is 1.53. The lowest BCUT2D eigenvalue weighted by molar-refractivity contribution is 0.0938. The van der Waals surface area contributed by atoms with E-state index < -0.39 is 0 Å². The first-order chi connectivity index (χ1) is 10.7. The topological polar surface area (TPSA) is 44.9 Å². The summed E-state index contributed by atoms with van der Waals surface area (Å²) in [4.78, 5) is 15.8. The molecule has 1 aliphatic rings. The molecule has 0 spiro atoms. The average molecular weight is 311 g/mol. The zero-order chi connectivity index (χ0) is 15.1. The van der Waals surface area contributed by atoms with Crippen molar-refractivity contribution in [2.75, 3.05) is 0 Å². The molecule has 0 saturated heterocycles. The fourth-order valence-electron chi connectivity index (χ4n) is 3.23. The van der Waals surface area contributed by atoms with Crippen LogP contribution in [-0.2, 0) is 12.8 Å². The number of aromatic nitrogens is 1. The summed E-state index contributed by atoms with van der Waals surface area (Å²) in [5.74, 6) is -0.0676. The van der Waals surface area contributed by atoms with Crippen molar-refractivity contribution in [3.8, 4) is 0 Å². The lowest BCUT2D eigenvalue weighted by Crippen LogP contribution is -2.35. The van der Waals surface area contributed by atoms with Crippen LogP contribution >= 0.6 is 11.6 Å². The maximum absolute atomic E-state index is 12.3. The Morgan fingerprint density at radius 2 is 2.00 bits per heavy atom. The molecule has 1 aliphatic carbocycles. The second-order valence-corrected chi connectivity index (χ2v) is 6.15. The Morgan fingerprint density at radius 1 is 1.14 bits per heavy atom. The third-order valence-electron chi connectivity index (χ3n) is 4.23. The standard InChI is InChI=1S/C18H15ClN2O/c19-12-5-3-4-11(8-12)18(22)20-13-9-15-14-6-1-2-7-16(14)21-17(15)10-13/h1-8,13,21H,9-10H2,(H,20,22). The number of carbonyl (C=O) groups is 1. The zero-order valence-electron chi connectivity index (χ0n) is 11.9. The number of H-pyrrole nitrogens is 1. The van der Waals surface area contributed by atoms with Gasteiger partial charge in [-0.3, -0.25) is 4.79 Å². The van der Waals surface area contributed by atoms with Crippen LogP contribution < -0.4 is 5.32 Å². The molecule has 0 aliphatic heterocycles. The van der Waals surface area contributed by atoms with Crippen LogP contribution in [0, 0.1) is 0 Å². The van der Waals surface area contributed by atoms with Gasteiger partial charge in [-0.15, -0.1) is 0 Å². The fourth-order valence-corrected chi connectivity index (χ4v) is 3.42. The van der Waals surface area contributed by atoms with Crippen LogP contribution in [0.1, 0.15) is 21.6 Å². The summed E-state index contributed by atoms with van der Waals surface area (Å²) in [5.41, 5.74) is 4.34. The molecule has 1 amide bonds. The van der Waals surface area contributed by atoms with E-state index in [1.807, 2.05) is 12.1 Å². The van der Waals surface area contributed by atoms with Crippen LogP contribution in [0.15, 0.2) is 48.5 Å². The summed E-state index contributed by atoms with van der Waals surface area (Å²) < 4.78 is 0. The Morgan fingerprint density at radius 3 is 2.86 bits per heavy atom. The first kappa shape index (κ1) is 13.4. The average Bonchev–Trinajstić information content (AvgIpc) is 3.04. The molecule has 3 nitrogen and oxygen atoms in total. The van der Waals surface area contributed by atoms with Gasteiger partial charge in [-0.25, -0.2) is 0 Å². The summed E-state index contributed by atoms with van der Waals surface area (Å²) in [5, 5.41) is 4.94. The minimum absolute atomic E-state index is 0.0676. The van der Waals surface area contributed by atoms with Crippen molar-refractivity contribution in [1.29, 1.82) is 0 Å². The number of hydrogen-bond acceptors (Lipinski definition) is 1. The van der Waals surface area contributed by atoms with Crippen LogP contribution in [-0.4, -0.2) is 16.9 Å². The number of carbonyl (C=O) groups excluding carboxylic acids is 1. The number of rotatable bonds is 2. The molecule has 4 rings (SSSR count). The van der Waals surface area contributed by atoms with Gasteiger partial charge < -0.3 is 10.3 Å². The van der Waals surface area contributed by atoms with Crippen molar-refractivity contribution in [3.63, 3.8) is 0 Å². The van der Waals surface area contributed by atoms with E-state index in [-0.39, 0.29) is 11.9 Å². The predicted molar refractivity (Wildman–Crippen MR) is 88.4 cm³/mol. The highest BCUT2D eigenvalue weighted by Gasteiger charge is 2.26. The van der Waals surface area contributed by atoms with Crippen molar-refractivity contribution in [1.82, 2.24) is 10.3 Å². The normalized spacial score (nSPS) is 16.7. The highest BCUT2D eigenvalue weighted by Crippen LogP contribution is 2.30. The van der Waals surface area contributed by atoms with E-state index in [0.29, 0.717) is 10.6 Å². The fraction of sp³-hybridized carbons (Fsp3) is 0.167. The number of para-hydroxylation sites is 1. The van der Waals surface area contributed by atoms with Crippen molar-refractivity contribution >= 4 is 28.4 Å². The first-order valence-electron chi connectivity index (χ1n) is 7.35. The third-order valence-corrected chi connectivity index (χ3v) is 4.46. The Bertz CT molecular complexity index is 868. The molecule has 1 atom stereocenters. The van der Waals surface area contributed by atoms with Crippen LogP contribution in [0.25, 0.3) is 10.9 Å². The van der Waals surface area contributed by atoms with Crippen LogP contribution in [0.3, 0.4) is 0 Å². The molecule has 1 unspecified atom stereocenters. The van der Waals surface area contributed by atoms with Gasteiger partial charge in [0, 0.05) is 39.6 Å². The van der Waals surface area contributed by atoms with Gasteiger partial charge in [-0.05, 0) is 36.2 Å². The molecule has 2 N–H and O–H groups in total. The van der Waals surface area contributed by atoms with Crippen LogP contribution in [0.5, 0.6) is 0 Å². The highest BCUT2D eigenvalue weighted by molar-refractivity contribution is 6.30. The van der Waals surface area contributed by atoms with Gasteiger partial charge >= 0.3 is 0 Å². The summed E-state index contributed by atoms with van der Waals surface area (Å²) >= 11 is 5.94. The van der Waals surface area contributed by atoms with Crippen molar-refractivity contribution in [2.45, 2.75) is 18.9 Å². The number of hydrogen-bond donors (Lipinski definition) is 2. The van der Waals surface area contributed by atoms with E-state index in [9.17, 15) is 4.79 Å². The molecule has 0 fully saturated rings. The van der Waals surface area contributed by atoms with Gasteiger partial charge in [-0.1, -0.05) is 35.9 Å². The molecule has 1 heterocycles. The molecular weight excluding hydrogens is 296 g/mol. The first-order valence-corrected chi connectivity index (χ1v) is 7.73. The zero-order valence-corrected chi connectivity index (χ0v) is 12.7. The second kappa shape index (κ2) is 5.18. The summed E-state index contributed by atoms with van der Waals surface area (Å²) in [7, 11) is 0. The summed E-state index contributed by atoms with van der Waals surface area (Å²) in [6, 6.07) is 15.5. The number of aromatic amines is 1. The minimum Gasteiger partial charge on any atom is -0.358 e. The monoisotopic (exact) mass is 310 g/mol. The van der Waals surface area contributed by atoms with E-state index >= 15 is 0 Å². The SMILES string of the molecule is O=C(NC1Cc2[nH]c3ccccc3c2C1)c1cccc(Cl)c1. The van der Waals surface area contributed by atoms with Gasteiger partial charge in [0.05, 0.1) is 0 Å². The van der Waals surface area contributed by atoms with Gasteiger partial charge in [0.15, 0.2) is 0 Å². The molecular formula is C18H15ClN2O. The largest absolute Gasteiger partial charge is 0.358 e. The highest BCUT2D eigenvalue weighted by atomic mass is 35.5. The van der Waals surface area contributed by atoms with Gasteiger partial charge in [0.25, 0.3) is 5.91 Å². The number of benzene rings is 2. The molecule has 4 heteroatoms. The van der Waals surface area contributed by atoms with E-state index in [2.05, 4.69) is 22.4 Å².